The minimum Gasteiger partial charge on any atom is -0.479 e. The molecule has 1 aromatic carbocycles. The molecule has 0 radical (unpaired) electrons. The zero-order valence-electron chi connectivity index (χ0n) is 10.6. The van der Waals surface area contributed by atoms with Crippen molar-refractivity contribution in [1.82, 2.24) is 0 Å². The largest absolute Gasteiger partial charge is 0.479 e. The van der Waals surface area contributed by atoms with Crippen molar-refractivity contribution in [3.05, 3.63) is 24.3 Å². The van der Waals surface area contributed by atoms with E-state index in [9.17, 15) is 4.79 Å². The van der Waals surface area contributed by atoms with E-state index in [-0.39, 0.29) is 18.4 Å². The first-order chi connectivity index (χ1) is 9.29. The van der Waals surface area contributed by atoms with Crippen molar-refractivity contribution >= 4 is 11.6 Å². The molecule has 19 heavy (non-hydrogen) atoms. The molecule has 0 spiro atoms. The second-order valence-electron chi connectivity index (χ2n) is 5.25. The number of fused-ring (bicyclic) bond motifs is 1. The Kier molecular flexibility index (Phi) is 3.12. The van der Waals surface area contributed by atoms with Crippen LogP contribution in [0.4, 0.5) is 5.69 Å². The van der Waals surface area contributed by atoms with Gasteiger partial charge in [-0.3, -0.25) is 4.79 Å². The third-order valence-corrected chi connectivity index (χ3v) is 4.11. The molecule has 98 valence electrons. The number of nitrogens with zero attached hydrogens (tertiary/aromatic N) is 1. The van der Waals surface area contributed by atoms with Crippen LogP contribution in [-0.4, -0.2) is 12.5 Å². The molecule has 0 bridgehead atoms. The summed E-state index contributed by atoms with van der Waals surface area (Å²) < 4.78 is 5.22. The van der Waals surface area contributed by atoms with Crippen molar-refractivity contribution in [1.29, 1.82) is 5.26 Å². The SMILES string of the molecule is N#CCOc1cccc(NC(=O)C2C3CCCC32)c1. The minimum atomic E-state index is 0.0180. The van der Waals surface area contributed by atoms with E-state index in [1.165, 1.54) is 19.3 Å². The van der Waals surface area contributed by atoms with E-state index in [1.807, 2.05) is 18.2 Å². The molecule has 0 aromatic heterocycles. The van der Waals surface area contributed by atoms with Gasteiger partial charge in [0.15, 0.2) is 6.61 Å². The van der Waals surface area contributed by atoms with Crippen LogP contribution in [0.5, 0.6) is 5.75 Å². The molecule has 3 rings (SSSR count). The quantitative estimate of drug-likeness (QED) is 0.900. The molecule has 0 heterocycles. The third kappa shape index (κ3) is 2.41. The first-order valence-corrected chi connectivity index (χ1v) is 6.70. The molecule has 0 aliphatic heterocycles. The second-order valence-corrected chi connectivity index (χ2v) is 5.25. The highest BCUT2D eigenvalue weighted by Gasteiger charge is 2.56. The van der Waals surface area contributed by atoms with Gasteiger partial charge in [0.25, 0.3) is 0 Å². The van der Waals surface area contributed by atoms with Crippen LogP contribution in [-0.2, 0) is 4.79 Å². The molecule has 4 nitrogen and oxygen atoms in total. The Morgan fingerprint density at radius 3 is 2.95 bits per heavy atom. The van der Waals surface area contributed by atoms with Gasteiger partial charge in [0, 0.05) is 17.7 Å². The highest BCUT2D eigenvalue weighted by atomic mass is 16.5. The molecular formula is C15H16N2O2. The van der Waals surface area contributed by atoms with E-state index in [4.69, 9.17) is 10.00 Å². The molecule has 2 unspecified atom stereocenters. The lowest BCUT2D eigenvalue weighted by molar-refractivity contribution is -0.118. The summed E-state index contributed by atoms with van der Waals surface area (Å²) in [6.07, 6.45) is 3.68. The van der Waals surface area contributed by atoms with E-state index in [0.717, 1.165) is 5.69 Å². The van der Waals surface area contributed by atoms with Crippen molar-refractivity contribution < 1.29 is 9.53 Å². The number of carbonyl (C=O) groups is 1. The van der Waals surface area contributed by atoms with Crippen molar-refractivity contribution in [2.45, 2.75) is 19.3 Å². The van der Waals surface area contributed by atoms with Crippen LogP contribution in [0, 0.1) is 29.1 Å². The highest BCUT2D eigenvalue weighted by Crippen LogP contribution is 2.57. The number of benzene rings is 1. The Labute approximate surface area is 112 Å². The predicted molar refractivity (Wildman–Crippen MR) is 70.5 cm³/mol. The number of amides is 1. The lowest BCUT2D eigenvalue weighted by Crippen LogP contribution is -2.16. The number of nitriles is 1. The molecule has 4 heteroatoms. The van der Waals surface area contributed by atoms with Crippen molar-refractivity contribution in [2.24, 2.45) is 17.8 Å². The van der Waals surface area contributed by atoms with Gasteiger partial charge in [-0.25, -0.2) is 0 Å². The summed E-state index contributed by atoms with van der Waals surface area (Å²) in [5, 5.41) is 11.4. The summed E-state index contributed by atoms with van der Waals surface area (Å²) in [4.78, 5) is 12.1. The van der Waals surface area contributed by atoms with Crippen LogP contribution in [0.1, 0.15) is 19.3 Å². The fourth-order valence-electron chi connectivity index (χ4n) is 3.22. The lowest BCUT2D eigenvalue weighted by Gasteiger charge is -2.08. The van der Waals surface area contributed by atoms with Crippen molar-refractivity contribution in [2.75, 3.05) is 11.9 Å². The average molecular weight is 256 g/mol. The maximum absolute atomic E-state index is 12.1. The minimum absolute atomic E-state index is 0.0180. The molecule has 1 amide bonds. The standard InChI is InChI=1S/C15H16N2O2/c16-7-8-19-11-4-1-3-10(9-11)17-15(18)14-12-5-2-6-13(12)14/h1,3-4,9,12-14H,2,5-6,8H2,(H,17,18). The Morgan fingerprint density at radius 2 is 2.21 bits per heavy atom. The number of nitrogens with one attached hydrogen (secondary N) is 1. The summed E-state index contributed by atoms with van der Waals surface area (Å²) in [5.41, 5.74) is 0.741. The fourth-order valence-corrected chi connectivity index (χ4v) is 3.22. The van der Waals surface area contributed by atoms with Gasteiger partial charge in [-0.2, -0.15) is 5.26 Å². The van der Waals surface area contributed by atoms with Crippen LogP contribution in [0.25, 0.3) is 0 Å². The molecule has 2 atom stereocenters. The first kappa shape index (κ1) is 12.0. The van der Waals surface area contributed by atoms with E-state index in [0.29, 0.717) is 17.6 Å². The van der Waals surface area contributed by atoms with Gasteiger partial charge in [0.05, 0.1) is 0 Å². The van der Waals surface area contributed by atoms with Crippen LogP contribution in [0.2, 0.25) is 0 Å². The zero-order chi connectivity index (χ0) is 13.2. The molecule has 1 N–H and O–H groups in total. The normalized spacial score (nSPS) is 27.2. The highest BCUT2D eigenvalue weighted by molar-refractivity contribution is 5.95. The number of ether oxygens (including phenoxy) is 1. The number of carbonyl (C=O) groups excluding carboxylic acids is 1. The number of hydrogen-bond donors (Lipinski definition) is 1. The van der Waals surface area contributed by atoms with E-state index >= 15 is 0 Å². The summed E-state index contributed by atoms with van der Waals surface area (Å²) >= 11 is 0. The van der Waals surface area contributed by atoms with E-state index in [2.05, 4.69) is 5.32 Å². The number of rotatable bonds is 4. The average Bonchev–Trinajstić information content (AvgIpc) is 2.91. The second kappa shape index (κ2) is 4.93. The van der Waals surface area contributed by atoms with Crippen molar-refractivity contribution in [3.8, 4) is 11.8 Å². The predicted octanol–water partition coefficient (Wildman–Crippen LogP) is 2.57. The van der Waals surface area contributed by atoms with Gasteiger partial charge >= 0.3 is 0 Å². The van der Waals surface area contributed by atoms with E-state index in [1.54, 1.807) is 12.1 Å². The van der Waals surface area contributed by atoms with Crippen LogP contribution in [0.3, 0.4) is 0 Å². The smallest absolute Gasteiger partial charge is 0.228 e. The molecule has 2 fully saturated rings. The molecule has 2 aliphatic rings. The van der Waals surface area contributed by atoms with E-state index < -0.39 is 0 Å². The fraction of sp³-hybridized carbons (Fsp3) is 0.467. The van der Waals surface area contributed by atoms with Gasteiger partial charge < -0.3 is 10.1 Å². The topological polar surface area (TPSA) is 62.1 Å². The maximum Gasteiger partial charge on any atom is 0.228 e. The summed E-state index contributed by atoms with van der Waals surface area (Å²) in [6.45, 7) is 0.0180. The number of anilines is 1. The third-order valence-electron chi connectivity index (χ3n) is 4.11. The Morgan fingerprint density at radius 1 is 1.42 bits per heavy atom. The van der Waals surface area contributed by atoms with Gasteiger partial charge in [-0.05, 0) is 36.8 Å². The van der Waals surface area contributed by atoms with Gasteiger partial charge in [-0.1, -0.05) is 12.5 Å². The van der Waals surface area contributed by atoms with Gasteiger partial charge in [0.1, 0.15) is 11.8 Å². The maximum atomic E-state index is 12.1. The Balaban J connectivity index is 1.60. The molecule has 2 aliphatic carbocycles. The van der Waals surface area contributed by atoms with Crippen LogP contribution < -0.4 is 10.1 Å². The first-order valence-electron chi connectivity index (χ1n) is 6.70. The lowest BCUT2D eigenvalue weighted by atomic mass is 10.1. The van der Waals surface area contributed by atoms with Crippen LogP contribution in [0.15, 0.2) is 24.3 Å². The van der Waals surface area contributed by atoms with Crippen molar-refractivity contribution in [3.63, 3.8) is 0 Å². The molecule has 1 aromatic rings. The Bertz CT molecular complexity index is 525. The zero-order valence-corrected chi connectivity index (χ0v) is 10.6. The molecule has 2 saturated carbocycles. The summed E-state index contributed by atoms with van der Waals surface area (Å²) in [5.74, 6) is 2.20. The van der Waals surface area contributed by atoms with Gasteiger partial charge in [-0.15, -0.1) is 0 Å². The molecular weight excluding hydrogens is 240 g/mol. The molecule has 0 saturated heterocycles. The summed E-state index contributed by atoms with van der Waals surface area (Å²) in [6, 6.07) is 9.11. The van der Waals surface area contributed by atoms with Crippen LogP contribution >= 0.6 is 0 Å². The monoisotopic (exact) mass is 256 g/mol. The van der Waals surface area contributed by atoms with Gasteiger partial charge in [0.2, 0.25) is 5.91 Å². The summed E-state index contributed by atoms with van der Waals surface area (Å²) in [7, 11) is 0. The Hall–Kier alpha value is -2.02. The number of hydrogen-bond acceptors (Lipinski definition) is 3.